The van der Waals surface area contributed by atoms with E-state index >= 15 is 0 Å². The lowest BCUT2D eigenvalue weighted by molar-refractivity contribution is 0.494. The maximum Gasteiger partial charge on any atom is 0.0408 e. The molecule has 2 rings (SSSR count). The number of anilines is 1. The monoisotopic (exact) mass is 345 g/mol. The highest BCUT2D eigenvalue weighted by Crippen LogP contribution is 2.32. The highest BCUT2D eigenvalue weighted by atomic mass is 79.9. The van der Waals surface area contributed by atoms with Gasteiger partial charge in [0.25, 0.3) is 0 Å². The van der Waals surface area contributed by atoms with Crippen molar-refractivity contribution in [3.05, 3.63) is 28.2 Å². The smallest absolute Gasteiger partial charge is 0.0408 e. The molecular weight excluding hydrogens is 330 g/mol. The number of alkyl halides is 1. The molecule has 1 nitrogen and oxygen atoms in total. The van der Waals surface area contributed by atoms with E-state index in [2.05, 4.69) is 68.8 Å². The fourth-order valence-corrected chi connectivity index (χ4v) is 3.15. The van der Waals surface area contributed by atoms with E-state index in [0.717, 1.165) is 21.6 Å². The van der Waals surface area contributed by atoms with Gasteiger partial charge in [0.05, 0.1) is 0 Å². The number of nitrogens with zero attached hydrogens (tertiary/aromatic N) is 1. The van der Waals surface area contributed by atoms with E-state index in [1.165, 1.54) is 24.3 Å². The molecule has 1 aliphatic rings. The Morgan fingerprint density at radius 2 is 1.88 bits per heavy atom. The summed E-state index contributed by atoms with van der Waals surface area (Å²) >= 11 is 7.10. The molecule has 0 radical (unpaired) electrons. The standard InChI is InChI=1S/C13H17Br2N/c1-9-7-16(8-10(9)2)13-4-3-12(15)5-11(13)6-14/h3-5,9-10H,6-8H2,1-2H3. The molecule has 1 fully saturated rings. The molecule has 0 amide bonds. The summed E-state index contributed by atoms with van der Waals surface area (Å²) in [6.45, 7) is 7.06. The first-order chi connectivity index (χ1) is 7.61. The van der Waals surface area contributed by atoms with E-state index in [0.29, 0.717) is 0 Å². The third kappa shape index (κ3) is 2.45. The molecule has 88 valence electrons. The highest BCUT2D eigenvalue weighted by Gasteiger charge is 2.27. The molecular formula is C13H17Br2N. The summed E-state index contributed by atoms with van der Waals surface area (Å²) in [6, 6.07) is 6.57. The maximum atomic E-state index is 3.57. The molecule has 1 aromatic carbocycles. The van der Waals surface area contributed by atoms with Crippen molar-refractivity contribution in [2.75, 3.05) is 18.0 Å². The predicted molar refractivity (Wildman–Crippen MR) is 77.3 cm³/mol. The van der Waals surface area contributed by atoms with Crippen molar-refractivity contribution < 1.29 is 0 Å². The van der Waals surface area contributed by atoms with Gasteiger partial charge in [-0.15, -0.1) is 0 Å². The van der Waals surface area contributed by atoms with Crippen LogP contribution in [0.15, 0.2) is 22.7 Å². The summed E-state index contributed by atoms with van der Waals surface area (Å²) in [6.07, 6.45) is 0. The van der Waals surface area contributed by atoms with Crippen LogP contribution >= 0.6 is 31.9 Å². The Bertz CT molecular complexity index is 368. The molecule has 1 heterocycles. The van der Waals surface area contributed by atoms with Crippen molar-refractivity contribution in [2.24, 2.45) is 11.8 Å². The van der Waals surface area contributed by atoms with Crippen LogP contribution < -0.4 is 4.90 Å². The normalized spacial score (nSPS) is 25.1. The largest absolute Gasteiger partial charge is 0.371 e. The molecule has 1 saturated heterocycles. The Morgan fingerprint density at radius 3 is 2.44 bits per heavy atom. The molecule has 1 aliphatic heterocycles. The fraction of sp³-hybridized carbons (Fsp3) is 0.538. The average molecular weight is 347 g/mol. The first kappa shape index (κ1) is 12.4. The quantitative estimate of drug-likeness (QED) is 0.716. The van der Waals surface area contributed by atoms with Crippen LogP contribution in [0.25, 0.3) is 0 Å². The van der Waals surface area contributed by atoms with Gasteiger partial charge in [0.1, 0.15) is 0 Å². The Kier molecular flexibility index (Phi) is 3.96. The van der Waals surface area contributed by atoms with Crippen LogP contribution in [0.3, 0.4) is 0 Å². The summed E-state index contributed by atoms with van der Waals surface area (Å²) in [4.78, 5) is 2.51. The molecule has 0 saturated carbocycles. The Labute approximate surface area is 114 Å². The van der Waals surface area contributed by atoms with Gasteiger partial charge in [-0.2, -0.15) is 0 Å². The summed E-state index contributed by atoms with van der Waals surface area (Å²) in [5.74, 6) is 1.60. The van der Waals surface area contributed by atoms with Gasteiger partial charge < -0.3 is 4.90 Å². The predicted octanol–water partition coefficient (Wildman–Crippen LogP) is 4.44. The van der Waals surface area contributed by atoms with Crippen molar-refractivity contribution in [1.82, 2.24) is 0 Å². The van der Waals surface area contributed by atoms with Crippen molar-refractivity contribution in [3.63, 3.8) is 0 Å². The lowest BCUT2D eigenvalue weighted by atomic mass is 10.0. The van der Waals surface area contributed by atoms with Crippen LogP contribution in [0.4, 0.5) is 5.69 Å². The van der Waals surface area contributed by atoms with E-state index in [4.69, 9.17) is 0 Å². The molecule has 16 heavy (non-hydrogen) atoms. The van der Waals surface area contributed by atoms with Gasteiger partial charge in [-0.05, 0) is 35.6 Å². The Morgan fingerprint density at radius 1 is 1.25 bits per heavy atom. The molecule has 3 heteroatoms. The highest BCUT2D eigenvalue weighted by molar-refractivity contribution is 9.10. The second kappa shape index (κ2) is 5.09. The average Bonchev–Trinajstić information content (AvgIpc) is 2.59. The van der Waals surface area contributed by atoms with Gasteiger partial charge >= 0.3 is 0 Å². The van der Waals surface area contributed by atoms with Gasteiger partial charge in [0.15, 0.2) is 0 Å². The molecule has 0 spiro atoms. The third-order valence-corrected chi connectivity index (χ3v) is 4.61. The number of rotatable bonds is 2. The molecule has 2 atom stereocenters. The summed E-state index contributed by atoms with van der Waals surface area (Å²) in [5.41, 5.74) is 2.76. The minimum atomic E-state index is 0.798. The molecule has 0 aromatic heterocycles. The van der Waals surface area contributed by atoms with Gasteiger partial charge in [0, 0.05) is 28.6 Å². The first-order valence-corrected chi connectivity index (χ1v) is 7.62. The zero-order chi connectivity index (χ0) is 11.7. The summed E-state index contributed by atoms with van der Waals surface area (Å²) in [7, 11) is 0. The number of hydrogen-bond acceptors (Lipinski definition) is 1. The number of benzene rings is 1. The number of halogens is 2. The van der Waals surface area contributed by atoms with E-state index < -0.39 is 0 Å². The molecule has 0 N–H and O–H groups in total. The zero-order valence-electron chi connectivity index (χ0n) is 9.71. The van der Waals surface area contributed by atoms with Crippen LogP contribution in [0.2, 0.25) is 0 Å². The third-order valence-electron chi connectivity index (χ3n) is 3.51. The molecule has 0 bridgehead atoms. The van der Waals surface area contributed by atoms with Crippen LogP contribution in [-0.4, -0.2) is 13.1 Å². The summed E-state index contributed by atoms with van der Waals surface area (Å²) < 4.78 is 1.16. The van der Waals surface area contributed by atoms with Gasteiger partial charge in [-0.25, -0.2) is 0 Å². The maximum absolute atomic E-state index is 3.57. The second-order valence-corrected chi connectivity index (χ2v) is 6.24. The van der Waals surface area contributed by atoms with E-state index in [-0.39, 0.29) is 0 Å². The fourth-order valence-electron chi connectivity index (χ4n) is 2.30. The zero-order valence-corrected chi connectivity index (χ0v) is 12.9. The van der Waals surface area contributed by atoms with Crippen molar-refractivity contribution in [1.29, 1.82) is 0 Å². The van der Waals surface area contributed by atoms with E-state index in [9.17, 15) is 0 Å². The van der Waals surface area contributed by atoms with Crippen molar-refractivity contribution >= 4 is 37.5 Å². The molecule has 0 aliphatic carbocycles. The minimum absolute atomic E-state index is 0.798. The van der Waals surface area contributed by atoms with Crippen LogP contribution in [0, 0.1) is 11.8 Å². The molecule has 1 aromatic rings. The first-order valence-electron chi connectivity index (χ1n) is 5.71. The Hall–Kier alpha value is -0.0200. The molecule has 2 unspecified atom stereocenters. The van der Waals surface area contributed by atoms with Gasteiger partial charge in [0.2, 0.25) is 0 Å². The summed E-state index contributed by atoms with van der Waals surface area (Å²) in [5, 5.41) is 0.918. The SMILES string of the molecule is CC1CN(c2ccc(Br)cc2CBr)CC1C. The van der Waals surface area contributed by atoms with E-state index in [1.807, 2.05) is 0 Å². The van der Waals surface area contributed by atoms with Crippen molar-refractivity contribution in [2.45, 2.75) is 19.2 Å². The van der Waals surface area contributed by atoms with Crippen molar-refractivity contribution in [3.8, 4) is 0 Å². The lowest BCUT2D eigenvalue weighted by Crippen LogP contribution is -2.20. The number of hydrogen-bond donors (Lipinski definition) is 0. The van der Waals surface area contributed by atoms with E-state index in [1.54, 1.807) is 0 Å². The van der Waals surface area contributed by atoms with Crippen LogP contribution in [0.5, 0.6) is 0 Å². The van der Waals surface area contributed by atoms with Crippen LogP contribution in [-0.2, 0) is 5.33 Å². The minimum Gasteiger partial charge on any atom is -0.371 e. The van der Waals surface area contributed by atoms with Gasteiger partial charge in [-0.3, -0.25) is 0 Å². The lowest BCUT2D eigenvalue weighted by Gasteiger charge is -2.21. The Balaban J connectivity index is 2.27. The second-order valence-electron chi connectivity index (χ2n) is 4.77. The van der Waals surface area contributed by atoms with Gasteiger partial charge in [-0.1, -0.05) is 45.7 Å². The topological polar surface area (TPSA) is 3.24 Å². The van der Waals surface area contributed by atoms with Crippen LogP contribution in [0.1, 0.15) is 19.4 Å².